The van der Waals surface area contributed by atoms with E-state index in [0.717, 1.165) is 36.9 Å². The molecule has 1 aliphatic carbocycles. The number of fused-ring (bicyclic) bond motifs is 1. The Balaban J connectivity index is 1.79. The summed E-state index contributed by atoms with van der Waals surface area (Å²) in [6.07, 6.45) is 4.07. The van der Waals surface area contributed by atoms with Crippen LogP contribution in [0.2, 0.25) is 0 Å². The maximum atomic E-state index is 13.0. The zero-order chi connectivity index (χ0) is 22.8. The van der Waals surface area contributed by atoms with E-state index in [1.807, 2.05) is 12.1 Å². The maximum absolute atomic E-state index is 13.0. The minimum absolute atomic E-state index is 0.00751. The fraction of sp³-hybridized carbons (Fsp3) is 0.455. The molecule has 1 aliphatic rings. The van der Waals surface area contributed by atoms with Gasteiger partial charge < -0.3 is 14.6 Å². The van der Waals surface area contributed by atoms with E-state index in [1.54, 1.807) is 32.4 Å². The number of nitrogens with zero attached hydrogens (tertiary/aromatic N) is 1. The van der Waals surface area contributed by atoms with Crippen molar-refractivity contribution < 1.29 is 22.7 Å². The Labute approximate surface area is 183 Å². The van der Waals surface area contributed by atoms with Crippen molar-refractivity contribution in [2.45, 2.75) is 51.3 Å². The van der Waals surface area contributed by atoms with Gasteiger partial charge in [0.2, 0.25) is 15.9 Å². The molecule has 0 unspecified atom stereocenters. The third kappa shape index (κ3) is 4.67. The van der Waals surface area contributed by atoms with E-state index in [9.17, 15) is 18.0 Å². The van der Waals surface area contributed by atoms with Crippen LogP contribution >= 0.6 is 0 Å². The molecule has 3 rings (SSSR count). The molecule has 9 heteroatoms. The number of sulfonamides is 1. The molecule has 168 valence electrons. The van der Waals surface area contributed by atoms with Crippen LogP contribution in [0.5, 0.6) is 0 Å². The number of esters is 1. The molecule has 0 radical (unpaired) electrons. The van der Waals surface area contributed by atoms with E-state index in [-0.39, 0.29) is 17.1 Å². The second kappa shape index (κ2) is 9.23. The third-order valence-electron chi connectivity index (χ3n) is 5.76. The Morgan fingerprint density at radius 2 is 1.84 bits per heavy atom. The van der Waals surface area contributed by atoms with Crippen LogP contribution in [-0.4, -0.2) is 38.0 Å². The van der Waals surface area contributed by atoms with Crippen LogP contribution in [0.25, 0.3) is 0 Å². The van der Waals surface area contributed by atoms with Crippen molar-refractivity contribution in [3.05, 3.63) is 46.3 Å². The number of hydrogen-bond donors (Lipinski definition) is 2. The number of rotatable bonds is 7. The number of benzene rings is 1. The molecule has 0 spiro atoms. The van der Waals surface area contributed by atoms with Gasteiger partial charge in [0.25, 0.3) is 0 Å². The fourth-order valence-corrected chi connectivity index (χ4v) is 5.51. The highest BCUT2D eigenvalue weighted by Crippen LogP contribution is 2.28. The van der Waals surface area contributed by atoms with Crippen molar-refractivity contribution >= 4 is 27.6 Å². The molecule has 0 bridgehead atoms. The molecular weight excluding hydrogens is 418 g/mol. The second-order valence-electron chi connectivity index (χ2n) is 7.68. The molecule has 1 amide bonds. The maximum Gasteiger partial charge on any atom is 0.341 e. The van der Waals surface area contributed by atoms with E-state index in [4.69, 9.17) is 4.74 Å². The van der Waals surface area contributed by atoms with Crippen molar-refractivity contribution in [3.8, 4) is 0 Å². The van der Waals surface area contributed by atoms with Gasteiger partial charge in [0.1, 0.15) is 10.5 Å². The smallest absolute Gasteiger partial charge is 0.341 e. The van der Waals surface area contributed by atoms with Crippen molar-refractivity contribution in [3.63, 3.8) is 0 Å². The Morgan fingerprint density at radius 3 is 2.55 bits per heavy atom. The van der Waals surface area contributed by atoms with Crippen LogP contribution < -0.4 is 10.0 Å². The standard InChI is InChI=1S/C22H29N3O5S/c1-5-30-22(27)20-14(2)25(4)15(3)21(20)31(28,29)23-13-19(26)24-18-12-8-10-16-9-6-7-11-17(16)18/h8,10,12,23H,5-7,9,11,13H2,1-4H3,(H,24,26). The SMILES string of the molecule is CCOC(=O)c1c(S(=O)(=O)NCC(=O)Nc2cccc3c2CCCC3)c(C)n(C)c1C. The number of nitrogens with one attached hydrogen (secondary N) is 2. The van der Waals surface area contributed by atoms with Gasteiger partial charge >= 0.3 is 5.97 Å². The van der Waals surface area contributed by atoms with Gasteiger partial charge in [0.05, 0.1) is 13.2 Å². The first kappa shape index (κ1) is 23.0. The number of amides is 1. The quantitative estimate of drug-likeness (QED) is 0.635. The van der Waals surface area contributed by atoms with E-state index in [0.29, 0.717) is 11.4 Å². The molecule has 2 N–H and O–H groups in total. The average Bonchev–Trinajstić information content (AvgIpc) is 2.97. The topological polar surface area (TPSA) is 106 Å². The van der Waals surface area contributed by atoms with Crippen LogP contribution in [0.15, 0.2) is 23.1 Å². The number of anilines is 1. The van der Waals surface area contributed by atoms with Gasteiger partial charge in [-0.3, -0.25) is 4.79 Å². The second-order valence-corrected chi connectivity index (χ2v) is 9.38. The summed E-state index contributed by atoms with van der Waals surface area (Å²) in [6, 6.07) is 5.79. The van der Waals surface area contributed by atoms with Crippen LogP contribution in [0.3, 0.4) is 0 Å². The molecule has 1 aromatic carbocycles. The number of aromatic nitrogens is 1. The van der Waals surface area contributed by atoms with Crippen molar-refractivity contribution in [2.24, 2.45) is 7.05 Å². The Bertz CT molecular complexity index is 1120. The summed E-state index contributed by atoms with van der Waals surface area (Å²) in [6.45, 7) is 4.61. The molecule has 0 saturated carbocycles. The summed E-state index contributed by atoms with van der Waals surface area (Å²) >= 11 is 0. The number of hydrogen-bond acceptors (Lipinski definition) is 5. The minimum Gasteiger partial charge on any atom is -0.462 e. The summed E-state index contributed by atoms with van der Waals surface area (Å²) in [4.78, 5) is 24.8. The van der Waals surface area contributed by atoms with E-state index in [2.05, 4.69) is 16.1 Å². The summed E-state index contributed by atoms with van der Waals surface area (Å²) in [5.74, 6) is -1.17. The van der Waals surface area contributed by atoms with Gasteiger partial charge in [0.15, 0.2) is 0 Å². The molecule has 0 saturated heterocycles. The highest BCUT2D eigenvalue weighted by Gasteiger charge is 2.31. The lowest BCUT2D eigenvalue weighted by atomic mass is 9.90. The molecule has 31 heavy (non-hydrogen) atoms. The Kier molecular flexibility index (Phi) is 6.86. The predicted molar refractivity (Wildman–Crippen MR) is 118 cm³/mol. The van der Waals surface area contributed by atoms with Gasteiger partial charge in [-0.05, 0) is 63.6 Å². The normalized spacial score (nSPS) is 13.5. The van der Waals surface area contributed by atoms with Gasteiger partial charge in [-0.2, -0.15) is 0 Å². The van der Waals surface area contributed by atoms with Crippen LogP contribution in [0, 0.1) is 13.8 Å². The molecule has 0 atom stereocenters. The number of aryl methyl sites for hydroxylation is 1. The van der Waals surface area contributed by atoms with Gasteiger partial charge in [0, 0.05) is 24.1 Å². The lowest BCUT2D eigenvalue weighted by Crippen LogP contribution is -2.34. The third-order valence-corrected chi connectivity index (χ3v) is 7.33. The number of carbonyl (C=O) groups excluding carboxylic acids is 2. The lowest BCUT2D eigenvalue weighted by molar-refractivity contribution is -0.115. The number of ether oxygens (including phenoxy) is 1. The molecule has 1 heterocycles. The fourth-order valence-electron chi connectivity index (χ4n) is 4.01. The molecule has 1 aromatic heterocycles. The highest BCUT2D eigenvalue weighted by atomic mass is 32.2. The summed E-state index contributed by atoms with van der Waals surface area (Å²) in [5, 5.41) is 2.82. The van der Waals surface area contributed by atoms with Crippen molar-refractivity contribution in [1.29, 1.82) is 0 Å². The zero-order valence-electron chi connectivity index (χ0n) is 18.4. The van der Waals surface area contributed by atoms with Crippen LogP contribution in [0.1, 0.15) is 52.6 Å². The van der Waals surface area contributed by atoms with Crippen LogP contribution in [0.4, 0.5) is 5.69 Å². The first-order valence-corrected chi connectivity index (χ1v) is 11.9. The van der Waals surface area contributed by atoms with Crippen molar-refractivity contribution in [1.82, 2.24) is 9.29 Å². The molecule has 2 aromatic rings. The summed E-state index contributed by atoms with van der Waals surface area (Å²) in [5.41, 5.74) is 3.93. The lowest BCUT2D eigenvalue weighted by Gasteiger charge is -2.19. The predicted octanol–water partition coefficient (Wildman–Crippen LogP) is 2.61. The van der Waals surface area contributed by atoms with Crippen molar-refractivity contribution in [2.75, 3.05) is 18.5 Å². The summed E-state index contributed by atoms with van der Waals surface area (Å²) in [7, 11) is -2.45. The van der Waals surface area contributed by atoms with Gasteiger partial charge in [-0.1, -0.05) is 12.1 Å². The molecule has 0 aliphatic heterocycles. The average molecular weight is 448 g/mol. The Hall–Kier alpha value is -2.65. The first-order valence-electron chi connectivity index (χ1n) is 10.4. The van der Waals surface area contributed by atoms with E-state index < -0.39 is 28.4 Å². The minimum atomic E-state index is -4.12. The van der Waals surface area contributed by atoms with Gasteiger partial charge in [-0.25, -0.2) is 17.9 Å². The monoisotopic (exact) mass is 447 g/mol. The highest BCUT2D eigenvalue weighted by molar-refractivity contribution is 7.89. The number of carbonyl (C=O) groups is 2. The largest absolute Gasteiger partial charge is 0.462 e. The van der Waals surface area contributed by atoms with E-state index >= 15 is 0 Å². The van der Waals surface area contributed by atoms with Crippen LogP contribution in [-0.2, 0) is 39.4 Å². The summed E-state index contributed by atoms with van der Waals surface area (Å²) < 4.78 is 35.1. The Morgan fingerprint density at radius 1 is 1.13 bits per heavy atom. The van der Waals surface area contributed by atoms with Gasteiger partial charge in [-0.15, -0.1) is 0 Å². The molecular formula is C22H29N3O5S. The zero-order valence-corrected chi connectivity index (χ0v) is 19.2. The van der Waals surface area contributed by atoms with E-state index in [1.165, 1.54) is 5.56 Å². The molecule has 8 nitrogen and oxygen atoms in total. The first-order chi connectivity index (χ1) is 14.7. The molecule has 0 fully saturated rings.